The first-order valence-corrected chi connectivity index (χ1v) is 6.70. The van der Waals surface area contributed by atoms with E-state index in [1.54, 1.807) is 18.7 Å². The molecule has 0 spiro atoms. The van der Waals surface area contributed by atoms with Gasteiger partial charge in [0.05, 0.1) is 5.75 Å². The molecular weight excluding hydrogens is 248 g/mol. The van der Waals surface area contributed by atoms with Gasteiger partial charge in [0.15, 0.2) is 0 Å². The molecule has 1 heterocycles. The van der Waals surface area contributed by atoms with Crippen LogP contribution in [0.4, 0.5) is 5.95 Å². The molecule has 0 saturated heterocycles. The fourth-order valence-electron chi connectivity index (χ4n) is 1.40. The van der Waals surface area contributed by atoms with E-state index in [-0.39, 0.29) is 5.91 Å². The predicted molar refractivity (Wildman–Crippen MR) is 72.4 cm³/mol. The van der Waals surface area contributed by atoms with Gasteiger partial charge in [0.1, 0.15) is 5.82 Å². The fraction of sp³-hybridized carbons (Fsp3) is 0.250. The van der Waals surface area contributed by atoms with Crippen LogP contribution in [0, 0.1) is 6.92 Å². The largest absolute Gasteiger partial charge is 0.293 e. The normalized spacial score (nSPS) is 10.3. The summed E-state index contributed by atoms with van der Waals surface area (Å²) in [5.41, 5.74) is 1.21. The van der Waals surface area contributed by atoms with Crippen molar-refractivity contribution in [3.05, 3.63) is 41.7 Å². The Hall–Kier alpha value is -1.82. The first-order chi connectivity index (χ1) is 8.74. The molecule has 0 aliphatic rings. The topological polar surface area (TPSA) is 70.7 Å². The van der Waals surface area contributed by atoms with Crippen molar-refractivity contribution >= 4 is 23.6 Å². The standard InChI is InChI=1S/C12H14N4OS/c1-9-13-12(16-15-9)14-11(17)8-18-7-10-5-3-2-4-6-10/h2-6H,7-8H2,1H3,(H2,13,14,15,16,17). The fourth-order valence-corrected chi connectivity index (χ4v) is 2.18. The smallest absolute Gasteiger partial charge is 0.248 e. The third-order valence-corrected chi connectivity index (χ3v) is 3.20. The molecule has 1 amide bonds. The van der Waals surface area contributed by atoms with Crippen LogP contribution >= 0.6 is 11.8 Å². The molecule has 2 N–H and O–H groups in total. The van der Waals surface area contributed by atoms with Gasteiger partial charge in [-0.1, -0.05) is 30.3 Å². The second-order valence-corrected chi connectivity index (χ2v) is 4.76. The molecule has 18 heavy (non-hydrogen) atoms. The van der Waals surface area contributed by atoms with Gasteiger partial charge in [0.25, 0.3) is 0 Å². The molecule has 5 nitrogen and oxygen atoms in total. The van der Waals surface area contributed by atoms with Crippen molar-refractivity contribution in [1.29, 1.82) is 0 Å². The molecule has 0 radical (unpaired) electrons. The highest BCUT2D eigenvalue weighted by atomic mass is 32.2. The second kappa shape index (κ2) is 6.20. The lowest BCUT2D eigenvalue weighted by molar-refractivity contribution is -0.113. The Bertz CT molecular complexity index is 512. The van der Waals surface area contributed by atoms with E-state index < -0.39 is 0 Å². The maximum atomic E-state index is 11.6. The van der Waals surface area contributed by atoms with Crippen molar-refractivity contribution in [2.75, 3.05) is 11.1 Å². The molecule has 0 fully saturated rings. The van der Waals surface area contributed by atoms with Gasteiger partial charge in [0, 0.05) is 5.75 Å². The summed E-state index contributed by atoms with van der Waals surface area (Å²) in [5, 5.41) is 9.15. The zero-order chi connectivity index (χ0) is 12.8. The Labute approximate surface area is 109 Å². The van der Waals surface area contributed by atoms with Crippen LogP contribution in [0.15, 0.2) is 30.3 Å². The minimum atomic E-state index is -0.0880. The Kier molecular flexibility index (Phi) is 4.35. The average Bonchev–Trinajstić information content (AvgIpc) is 2.76. The molecule has 0 aliphatic carbocycles. The molecular formula is C12H14N4OS. The van der Waals surface area contributed by atoms with Gasteiger partial charge in [-0.05, 0) is 12.5 Å². The van der Waals surface area contributed by atoms with E-state index >= 15 is 0 Å². The van der Waals surface area contributed by atoms with Crippen molar-refractivity contribution in [3.63, 3.8) is 0 Å². The number of carbonyl (C=O) groups is 1. The van der Waals surface area contributed by atoms with Gasteiger partial charge >= 0.3 is 0 Å². The van der Waals surface area contributed by atoms with Crippen molar-refractivity contribution in [1.82, 2.24) is 15.2 Å². The number of carbonyl (C=O) groups excluding carboxylic acids is 1. The predicted octanol–water partition coefficient (Wildman–Crippen LogP) is 1.99. The number of anilines is 1. The molecule has 2 aromatic rings. The van der Waals surface area contributed by atoms with Gasteiger partial charge in [0.2, 0.25) is 11.9 Å². The van der Waals surface area contributed by atoms with Crippen LogP contribution in [0.3, 0.4) is 0 Å². The van der Waals surface area contributed by atoms with Crippen molar-refractivity contribution in [3.8, 4) is 0 Å². The minimum absolute atomic E-state index is 0.0880. The summed E-state index contributed by atoms with van der Waals surface area (Å²) in [4.78, 5) is 15.6. The molecule has 0 unspecified atom stereocenters. The van der Waals surface area contributed by atoms with Gasteiger partial charge in [-0.15, -0.1) is 16.9 Å². The summed E-state index contributed by atoms with van der Waals surface area (Å²) in [6.45, 7) is 1.78. The Morgan fingerprint density at radius 3 is 2.83 bits per heavy atom. The number of H-pyrrole nitrogens is 1. The lowest BCUT2D eigenvalue weighted by Gasteiger charge is -2.01. The lowest BCUT2D eigenvalue weighted by atomic mass is 10.2. The molecule has 1 aromatic carbocycles. The summed E-state index contributed by atoms with van der Waals surface area (Å²) in [6, 6.07) is 10.1. The molecule has 2 rings (SSSR count). The number of nitrogens with one attached hydrogen (secondary N) is 2. The van der Waals surface area contributed by atoms with Crippen LogP contribution in [0.2, 0.25) is 0 Å². The zero-order valence-electron chi connectivity index (χ0n) is 10.0. The lowest BCUT2D eigenvalue weighted by Crippen LogP contribution is -2.15. The van der Waals surface area contributed by atoms with Crippen molar-refractivity contribution < 1.29 is 4.79 Å². The van der Waals surface area contributed by atoms with Crippen molar-refractivity contribution in [2.24, 2.45) is 0 Å². The van der Waals surface area contributed by atoms with Gasteiger partial charge < -0.3 is 0 Å². The summed E-state index contributed by atoms with van der Waals surface area (Å²) in [5.74, 6) is 2.14. The van der Waals surface area contributed by atoms with Crippen LogP contribution in [0.5, 0.6) is 0 Å². The number of thioether (sulfide) groups is 1. The van der Waals surface area contributed by atoms with E-state index in [0.717, 1.165) is 5.75 Å². The van der Waals surface area contributed by atoms with Crippen LogP contribution in [-0.2, 0) is 10.5 Å². The number of hydrogen-bond acceptors (Lipinski definition) is 4. The molecule has 0 bridgehead atoms. The Balaban J connectivity index is 1.72. The van der Waals surface area contributed by atoms with Gasteiger partial charge in [-0.25, -0.2) is 0 Å². The molecule has 0 aliphatic heterocycles. The monoisotopic (exact) mass is 262 g/mol. The Morgan fingerprint density at radius 1 is 1.39 bits per heavy atom. The van der Waals surface area contributed by atoms with Crippen LogP contribution in [0.25, 0.3) is 0 Å². The summed E-state index contributed by atoms with van der Waals surface area (Å²) in [6.07, 6.45) is 0. The van der Waals surface area contributed by atoms with Crippen LogP contribution in [0.1, 0.15) is 11.4 Å². The number of aryl methyl sites for hydroxylation is 1. The van der Waals surface area contributed by atoms with E-state index in [9.17, 15) is 4.79 Å². The first kappa shape index (κ1) is 12.6. The number of aromatic amines is 1. The molecule has 0 atom stereocenters. The summed E-state index contributed by atoms with van der Waals surface area (Å²) in [7, 11) is 0. The highest BCUT2D eigenvalue weighted by molar-refractivity contribution is 7.99. The summed E-state index contributed by atoms with van der Waals surface area (Å²) < 4.78 is 0. The van der Waals surface area contributed by atoms with E-state index in [0.29, 0.717) is 17.5 Å². The molecule has 0 saturated carbocycles. The maximum Gasteiger partial charge on any atom is 0.248 e. The number of amides is 1. The van der Waals surface area contributed by atoms with Crippen LogP contribution < -0.4 is 5.32 Å². The minimum Gasteiger partial charge on any atom is -0.293 e. The average molecular weight is 262 g/mol. The van der Waals surface area contributed by atoms with Crippen molar-refractivity contribution in [2.45, 2.75) is 12.7 Å². The highest BCUT2D eigenvalue weighted by Crippen LogP contribution is 2.11. The van der Waals surface area contributed by atoms with Gasteiger partial charge in [-0.3, -0.25) is 15.2 Å². The van der Waals surface area contributed by atoms with E-state index in [1.807, 2.05) is 30.3 Å². The number of benzene rings is 1. The van der Waals surface area contributed by atoms with E-state index in [4.69, 9.17) is 0 Å². The second-order valence-electron chi connectivity index (χ2n) is 3.77. The molecule has 94 valence electrons. The quantitative estimate of drug-likeness (QED) is 0.864. The Morgan fingerprint density at radius 2 is 2.17 bits per heavy atom. The molecule has 6 heteroatoms. The molecule has 1 aromatic heterocycles. The number of nitrogens with zero attached hydrogens (tertiary/aromatic N) is 2. The summed E-state index contributed by atoms with van der Waals surface area (Å²) >= 11 is 1.56. The number of aromatic nitrogens is 3. The first-order valence-electron chi connectivity index (χ1n) is 5.54. The van der Waals surface area contributed by atoms with E-state index in [2.05, 4.69) is 20.5 Å². The third kappa shape index (κ3) is 3.89. The third-order valence-electron chi connectivity index (χ3n) is 2.19. The number of rotatable bonds is 5. The van der Waals surface area contributed by atoms with Gasteiger partial charge in [-0.2, -0.15) is 4.98 Å². The van der Waals surface area contributed by atoms with E-state index in [1.165, 1.54) is 5.56 Å². The maximum absolute atomic E-state index is 11.6. The zero-order valence-corrected chi connectivity index (χ0v) is 10.8. The SMILES string of the molecule is Cc1nc(NC(=O)CSCc2ccccc2)n[nH]1. The number of hydrogen-bond donors (Lipinski definition) is 2. The highest BCUT2D eigenvalue weighted by Gasteiger charge is 2.06. The van der Waals surface area contributed by atoms with Crippen LogP contribution in [-0.4, -0.2) is 26.8 Å².